The summed E-state index contributed by atoms with van der Waals surface area (Å²) in [6.07, 6.45) is 3.71. The van der Waals surface area contributed by atoms with Gasteiger partial charge in [-0.3, -0.25) is 4.99 Å². The summed E-state index contributed by atoms with van der Waals surface area (Å²) in [5, 5.41) is 14.7. The first kappa shape index (κ1) is 15.9. The molecule has 6 heteroatoms. The van der Waals surface area contributed by atoms with Crippen LogP contribution in [-0.2, 0) is 0 Å². The summed E-state index contributed by atoms with van der Waals surface area (Å²) < 4.78 is 0. The number of nitrogens with zero attached hydrogens (tertiary/aromatic N) is 2. The van der Waals surface area contributed by atoms with E-state index in [2.05, 4.69) is 15.3 Å². The van der Waals surface area contributed by atoms with Crippen LogP contribution in [0.4, 0.5) is 16.5 Å². The Hall–Kier alpha value is -2.63. The van der Waals surface area contributed by atoms with Gasteiger partial charge < -0.3 is 10.4 Å². The molecule has 124 valence electrons. The highest BCUT2D eigenvalue weighted by Gasteiger charge is 2.14. The predicted octanol–water partition coefficient (Wildman–Crippen LogP) is 5.81. The molecule has 0 atom stereocenters. The first-order chi connectivity index (χ1) is 12.1. The first-order valence-electron chi connectivity index (χ1n) is 7.68. The van der Waals surface area contributed by atoms with E-state index >= 15 is 0 Å². The smallest absolute Gasteiger partial charge is 0.231 e. The van der Waals surface area contributed by atoms with Crippen molar-refractivity contribution in [3.05, 3.63) is 63.5 Å². The number of para-hydroxylation sites is 1. The fraction of sp³-hybridized carbons (Fsp3) is 0.0526. The molecule has 4 rings (SSSR count). The number of rotatable bonds is 3. The maximum atomic E-state index is 10.2. The van der Waals surface area contributed by atoms with Crippen molar-refractivity contribution in [1.82, 2.24) is 4.98 Å². The summed E-state index contributed by atoms with van der Waals surface area (Å²) in [6, 6.07) is 13.6. The number of allylic oxidation sites excluding steroid dienone is 1. The molecule has 0 radical (unpaired) electrons. The average molecular weight is 368 g/mol. The predicted molar refractivity (Wildman–Crippen MR) is 106 cm³/mol. The number of aryl methyl sites for hydroxylation is 1. The van der Waals surface area contributed by atoms with E-state index in [1.54, 1.807) is 6.21 Å². The maximum Gasteiger partial charge on any atom is 0.231 e. The maximum absolute atomic E-state index is 10.2. The number of hydrogen-bond acceptors (Lipinski definition) is 5. The van der Waals surface area contributed by atoms with Gasteiger partial charge in [0.25, 0.3) is 0 Å². The van der Waals surface area contributed by atoms with Crippen LogP contribution in [0.2, 0.25) is 5.02 Å². The Morgan fingerprint density at radius 2 is 2.04 bits per heavy atom. The van der Waals surface area contributed by atoms with Gasteiger partial charge in [-0.1, -0.05) is 41.1 Å². The molecule has 3 aromatic rings. The molecule has 0 spiro atoms. The highest BCUT2D eigenvalue weighted by atomic mass is 35.5. The Bertz CT molecular complexity index is 1020. The Morgan fingerprint density at radius 3 is 2.88 bits per heavy atom. The summed E-state index contributed by atoms with van der Waals surface area (Å²) in [7, 11) is 0. The van der Waals surface area contributed by atoms with E-state index in [1.165, 1.54) is 11.3 Å². The molecular formula is C19H14ClN3OS. The third kappa shape index (κ3) is 3.16. The van der Waals surface area contributed by atoms with Crippen molar-refractivity contribution < 1.29 is 5.11 Å². The van der Waals surface area contributed by atoms with Crippen molar-refractivity contribution in [3.63, 3.8) is 0 Å². The lowest BCUT2D eigenvalue weighted by atomic mass is 10.1. The third-order valence-corrected chi connectivity index (χ3v) is 5.22. The van der Waals surface area contributed by atoms with Crippen molar-refractivity contribution >= 4 is 57.3 Å². The minimum atomic E-state index is 0.00321. The monoisotopic (exact) mass is 367 g/mol. The van der Waals surface area contributed by atoms with E-state index in [9.17, 15) is 5.11 Å². The molecule has 0 saturated carbocycles. The summed E-state index contributed by atoms with van der Waals surface area (Å²) in [5.74, 6) is 0.00321. The molecule has 1 aliphatic heterocycles. The van der Waals surface area contributed by atoms with E-state index in [4.69, 9.17) is 11.6 Å². The van der Waals surface area contributed by atoms with Gasteiger partial charge >= 0.3 is 0 Å². The second kappa shape index (κ2) is 6.35. The minimum absolute atomic E-state index is 0.00321. The topological polar surface area (TPSA) is 57.5 Å². The molecule has 2 aromatic carbocycles. The van der Waals surface area contributed by atoms with Crippen LogP contribution in [0.15, 0.2) is 47.5 Å². The van der Waals surface area contributed by atoms with Crippen LogP contribution < -0.4 is 5.32 Å². The summed E-state index contributed by atoms with van der Waals surface area (Å²) in [4.78, 5) is 9.26. The highest BCUT2D eigenvalue weighted by molar-refractivity contribution is 7.16. The number of benzene rings is 2. The van der Waals surface area contributed by atoms with E-state index in [1.807, 2.05) is 55.5 Å². The number of anilines is 2. The quantitative estimate of drug-likeness (QED) is 0.614. The SMILES string of the molecule is Cc1cc(Nc2nc(O)c(/C=C3\C=Nc4ccccc43)s2)ccc1Cl. The lowest BCUT2D eigenvalue weighted by Crippen LogP contribution is -1.89. The van der Waals surface area contributed by atoms with Gasteiger partial charge in [-0.25, -0.2) is 0 Å². The summed E-state index contributed by atoms with van der Waals surface area (Å²) in [6.45, 7) is 1.94. The molecule has 0 aliphatic carbocycles. The van der Waals surface area contributed by atoms with E-state index < -0.39 is 0 Å². The molecule has 0 unspecified atom stereocenters. The largest absolute Gasteiger partial charge is 0.492 e. The van der Waals surface area contributed by atoms with E-state index in [0.29, 0.717) is 10.0 Å². The number of nitrogens with one attached hydrogen (secondary N) is 1. The van der Waals surface area contributed by atoms with Gasteiger partial charge in [-0.2, -0.15) is 4.98 Å². The van der Waals surface area contributed by atoms with Crippen LogP contribution >= 0.6 is 22.9 Å². The van der Waals surface area contributed by atoms with Gasteiger partial charge in [0.2, 0.25) is 5.88 Å². The zero-order valence-corrected chi connectivity index (χ0v) is 14.9. The average Bonchev–Trinajstić information content (AvgIpc) is 3.16. The highest BCUT2D eigenvalue weighted by Crippen LogP contribution is 2.37. The van der Waals surface area contributed by atoms with Crippen LogP contribution in [0, 0.1) is 6.92 Å². The zero-order valence-electron chi connectivity index (χ0n) is 13.3. The number of aromatic hydroxyl groups is 1. The van der Waals surface area contributed by atoms with Gasteiger partial charge in [0.15, 0.2) is 5.13 Å². The molecule has 1 aromatic heterocycles. The number of aromatic nitrogens is 1. The van der Waals surface area contributed by atoms with Crippen LogP contribution in [0.5, 0.6) is 5.88 Å². The summed E-state index contributed by atoms with van der Waals surface area (Å²) in [5.41, 5.74) is 4.81. The molecule has 0 amide bonds. The van der Waals surface area contributed by atoms with E-state index in [-0.39, 0.29) is 5.88 Å². The van der Waals surface area contributed by atoms with Crippen LogP contribution in [0.1, 0.15) is 16.0 Å². The van der Waals surface area contributed by atoms with Crippen molar-refractivity contribution in [3.8, 4) is 5.88 Å². The number of fused-ring (bicyclic) bond motifs is 1. The number of hydrogen-bond donors (Lipinski definition) is 2. The molecule has 25 heavy (non-hydrogen) atoms. The van der Waals surface area contributed by atoms with Crippen molar-refractivity contribution in [2.75, 3.05) is 5.32 Å². The normalized spacial score (nSPS) is 14.1. The van der Waals surface area contributed by atoms with Crippen LogP contribution in [-0.4, -0.2) is 16.3 Å². The van der Waals surface area contributed by atoms with Crippen molar-refractivity contribution in [1.29, 1.82) is 0 Å². The second-order valence-corrected chi connectivity index (χ2v) is 7.11. The van der Waals surface area contributed by atoms with E-state index in [0.717, 1.165) is 33.1 Å². The molecule has 0 saturated heterocycles. The van der Waals surface area contributed by atoms with Gasteiger partial charge in [0, 0.05) is 28.1 Å². The molecular weight excluding hydrogens is 354 g/mol. The second-order valence-electron chi connectivity index (χ2n) is 5.67. The fourth-order valence-corrected chi connectivity index (χ4v) is 3.56. The van der Waals surface area contributed by atoms with Gasteiger partial charge in [-0.05, 0) is 42.8 Å². The van der Waals surface area contributed by atoms with Crippen LogP contribution in [0.25, 0.3) is 11.6 Å². The fourth-order valence-electron chi connectivity index (χ4n) is 2.61. The Balaban J connectivity index is 1.62. The molecule has 0 fully saturated rings. The Morgan fingerprint density at radius 1 is 1.20 bits per heavy atom. The van der Waals surface area contributed by atoms with Gasteiger partial charge in [-0.15, -0.1) is 0 Å². The molecule has 4 nitrogen and oxygen atoms in total. The minimum Gasteiger partial charge on any atom is -0.492 e. The lowest BCUT2D eigenvalue weighted by molar-refractivity contribution is 0.457. The van der Waals surface area contributed by atoms with Crippen LogP contribution in [0.3, 0.4) is 0 Å². The first-order valence-corrected chi connectivity index (χ1v) is 8.88. The molecule has 2 N–H and O–H groups in total. The number of aliphatic imine (C=N–C) groups is 1. The number of halogens is 1. The molecule has 2 heterocycles. The molecule has 0 bridgehead atoms. The van der Waals surface area contributed by atoms with Crippen molar-refractivity contribution in [2.24, 2.45) is 4.99 Å². The Labute approximate surface area is 154 Å². The number of thiazole rings is 1. The lowest BCUT2D eigenvalue weighted by Gasteiger charge is -2.04. The Kier molecular flexibility index (Phi) is 4.03. The van der Waals surface area contributed by atoms with Crippen molar-refractivity contribution in [2.45, 2.75) is 6.92 Å². The molecule has 1 aliphatic rings. The summed E-state index contributed by atoms with van der Waals surface area (Å²) >= 11 is 7.43. The van der Waals surface area contributed by atoms with Gasteiger partial charge in [0.05, 0.1) is 10.6 Å². The third-order valence-electron chi connectivity index (χ3n) is 3.89. The van der Waals surface area contributed by atoms with Gasteiger partial charge in [0.1, 0.15) is 0 Å². The zero-order chi connectivity index (χ0) is 17.4. The standard InChI is InChI=1S/C19H14ClN3OS/c1-11-8-13(6-7-15(11)20)22-19-23-18(24)17(25-19)9-12-10-21-16-5-3-2-4-14(12)16/h2-10,24H,1H3,(H,22,23)/b12-9+.